The zero-order chi connectivity index (χ0) is 14.2. The predicted molar refractivity (Wildman–Crippen MR) is 82.5 cm³/mol. The number of para-hydroxylation sites is 1. The number of hydrogen-bond donors (Lipinski definition) is 1. The molecule has 1 aliphatic rings. The summed E-state index contributed by atoms with van der Waals surface area (Å²) in [4.78, 5) is 0. The fourth-order valence-corrected chi connectivity index (χ4v) is 2.58. The molecular formula is C17H27NO2. The van der Waals surface area contributed by atoms with Crippen molar-refractivity contribution in [3.05, 3.63) is 29.8 Å². The van der Waals surface area contributed by atoms with E-state index in [-0.39, 0.29) is 0 Å². The van der Waals surface area contributed by atoms with Gasteiger partial charge in [0.25, 0.3) is 0 Å². The van der Waals surface area contributed by atoms with Crippen LogP contribution in [0, 0.1) is 0 Å². The molecule has 1 aliphatic heterocycles. The average molecular weight is 277 g/mol. The van der Waals surface area contributed by atoms with Crippen molar-refractivity contribution < 1.29 is 9.47 Å². The molecular weight excluding hydrogens is 250 g/mol. The number of rotatable bonds is 8. The normalized spacial score (nSPS) is 17.9. The summed E-state index contributed by atoms with van der Waals surface area (Å²) in [6.07, 6.45) is 3.77. The summed E-state index contributed by atoms with van der Waals surface area (Å²) in [5, 5.41) is 3.57. The number of hydrogen-bond acceptors (Lipinski definition) is 3. The molecule has 1 aromatic rings. The van der Waals surface area contributed by atoms with E-state index in [0.29, 0.717) is 12.0 Å². The summed E-state index contributed by atoms with van der Waals surface area (Å²) < 4.78 is 11.2. The topological polar surface area (TPSA) is 30.5 Å². The van der Waals surface area contributed by atoms with Gasteiger partial charge in [-0.15, -0.1) is 0 Å². The summed E-state index contributed by atoms with van der Waals surface area (Å²) in [6, 6.07) is 8.41. The van der Waals surface area contributed by atoms with Gasteiger partial charge in [-0.1, -0.05) is 18.2 Å². The summed E-state index contributed by atoms with van der Waals surface area (Å²) in [5.41, 5.74) is 1.36. The van der Waals surface area contributed by atoms with Crippen LogP contribution >= 0.6 is 0 Å². The summed E-state index contributed by atoms with van der Waals surface area (Å²) >= 11 is 0. The molecule has 0 saturated heterocycles. The van der Waals surface area contributed by atoms with Gasteiger partial charge in [-0.25, -0.2) is 0 Å². The molecule has 2 rings (SSSR count). The van der Waals surface area contributed by atoms with Crippen LogP contribution in [-0.4, -0.2) is 32.4 Å². The van der Waals surface area contributed by atoms with Crippen molar-refractivity contribution in [3.63, 3.8) is 0 Å². The highest BCUT2D eigenvalue weighted by Crippen LogP contribution is 2.32. The van der Waals surface area contributed by atoms with Crippen molar-refractivity contribution in [1.29, 1.82) is 0 Å². The van der Waals surface area contributed by atoms with Crippen molar-refractivity contribution >= 4 is 0 Å². The molecule has 1 N–H and O–H groups in total. The molecule has 112 valence electrons. The Morgan fingerprint density at radius 2 is 2.15 bits per heavy atom. The van der Waals surface area contributed by atoms with Crippen molar-refractivity contribution in [3.8, 4) is 5.75 Å². The Morgan fingerprint density at radius 1 is 1.30 bits per heavy atom. The van der Waals surface area contributed by atoms with Crippen LogP contribution in [0.3, 0.4) is 0 Å². The highest BCUT2D eigenvalue weighted by molar-refractivity contribution is 5.37. The van der Waals surface area contributed by atoms with Gasteiger partial charge < -0.3 is 14.8 Å². The quantitative estimate of drug-likeness (QED) is 0.739. The monoisotopic (exact) mass is 277 g/mol. The predicted octanol–water partition coefficient (Wildman–Crippen LogP) is 3.35. The first-order valence-electron chi connectivity index (χ1n) is 7.81. The molecule has 0 spiro atoms. The summed E-state index contributed by atoms with van der Waals surface area (Å²) in [7, 11) is 0. The molecule has 0 amide bonds. The van der Waals surface area contributed by atoms with Gasteiger partial charge in [0, 0.05) is 19.1 Å². The van der Waals surface area contributed by atoms with Crippen molar-refractivity contribution in [1.82, 2.24) is 5.32 Å². The average Bonchev–Trinajstić information content (AvgIpc) is 2.46. The smallest absolute Gasteiger partial charge is 0.122 e. The molecule has 3 nitrogen and oxygen atoms in total. The van der Waals surface area contributed by atoms with Gasteiger partial charge in [-0.2, -0.15) is 0 Å². The first kappa shape index (κ1) is 15.3. The van der Waals surface area contributed by atoms with Gasteiger partial charge in [0.05, 0.1) is 12.7 Å². The highest BCUT2D eigenvalue weighted by Gasteiger charge is 2.20. The third kappa shape index (κ3) is 4.80. The van der Waals surface area contributed by atoms with Crippen LogP contribution in [0.1, 0.15) is 44.6 Å². The van der Waals surface area contributed by atoms with Crippen molar-refractivity contribution in [2.24, 2.45) is 0 Å². The fraction of sp³-hybridized carbons (Fsp3) is 0.647. The van der Waals surface area contributed by atoms with Crippen LogP contribution in [0.25, 0.3) is 0 Å². The highest BCUT2D eigenvalue weighted by atomic mass is 16.5. The molecule has 1 atom stereocenters. The standard InChI is InChI=1S/C17H27NO2/c1-14(2)19-11-6-5-10-18-13-15-9-12-20-17-8-4-3-7-16(15)17/h3-4,7-8,14-15,18H,5-6,9-13H2,1-2H3. The first-order valence-corrected chi connectivity index (χ1v) is 7.81. The second-order valence-corrected chi connectivity index (χ2v) is 5.70. The van der Waals surface area contributed by atoms with Crippen LogP contribution in [0.5, 0.6) is 5.75 Å². The van der Waals surface area contributed by atoms with E-state index in [2.05, 4.69) is 37.4 Å². The lowest BCUT2D eigenvalue weighted by Gasteiger charge is -2.26. The minimum Gasteiger partial charge on any atom is -0.493 e. The Kier molecular flexibility index (Phi) is 6.34. The largest absolute Gasteiger partial charge is 0.493 e. The number of nitrogens with one attached hydrogen (secondary N) is 1. The second-order valence-electron chi connectivity index (χ2n) is 5.70. The van der Waals surface area contributed by atoms with E-state index >= 15 is 0 Å². The number of fused-ring (bicyclic) bond motifs is 1. The molecule has 3 heteroatoms. The zero-order valence-electron chi connectivity index (χ0n) is 12.7. The van der Waals surface area contributed by atoms with Gasteiger partial charge in [0.1, 0.15) is 5.75 Å². The molecule has 0 saturated carbocycles. The first-order chi connectivity index (χ1) is 9.77. The van der Waals surface area contributed by atoms with Crippen molar-refractivity contribution in [2.75, 3.05) is 26.3 Å². The van der Waals surface area contributed by atoms with E-state index in [9.17, 15) is 0 Å². The van der Waals surface area contributed by atoms with E-state index in [1.165, 1.54) is 12.0 Å². The number of unbranched alkanes of at least 4 members (excludes halogenated alkanes) is 1. The minimum absolute atomic E-state index is 0.349. The Labute approximate surface area is 122 Å². The lowest BCUT2D eigenvalue weighted by atomic mass is 9.93. The summed E-state index contributed by atoms with van der Waals surface area (Å²) in [6.45, 7) is 8.00. The van der Waals surface area contributed by atoms with Gasteiger partial charge in [0.2, 0.25) is 0 Å². The number of benzene rings is 1. The van der Waals surface area contributed by atoms with Gasteiger partial charge in [-0.05, 0) is 51.3 Å². The molecule has 0 fully saturated rings. The van der Waals surface area contributed by atoms with E-state index in [1.54, 1.807) is 0 Å². The van der Waals surface area contributed by atoms with E-state index in [0.717, 1.165) is 44.9 Å². The molecule has 1 unspecified atom stereocenters. The van der Waals surface area contributed by atoms with E-state index in [1.807, 2.05) is 6.07 Å². The maximum Gasteiger partial charge on any atom is 0.122 e. The molecule has 1 heterocycles. The maximum absolute atomic E-state index is 5.69. The Bertz CT molecular complexity index is 392. The van der Waals surface area contributed by atoms with Crippen molar-refractivity contribution in [2.45, 2.75) is 45.1 Å². The fourth-order valence-electron chi connectivity index (χ4n) is 2.58. The van der Waals surface area contributed by atoms with Gasteiger partial charge in [0.15, 0.2) is 0 Å². The molecule has 0 bridgehead atoms. The Balaban J connectivity index is 1.63. The van der Waals surface area contributed by atoms with Crippen LogP contribution in [0.15, 0.2) is 24.3 Å². The lowest BCUT2D eigenvalue weighted by molar-refractivity contribution is 0.0760. The molecule has 0 radical (unpaired) electrons. The van der Waals surface area contributed by atoms with E-state index in [4.69, 9.17) is 9.47 Å². The SMILES string of the molecule is CC(C)OCCCCNCC1CCOc2ccccc21. The third-order valence-electron chi connectivity index (χ3n) is 3.67. The van der Waals surface area contributed by atoms with E-state index < -0.39 is 0 Å². The number of ether oxygens (including phenoxy) is 2. The summed E-state index contributed by atoms with van der Waals surface area (Å²) in [5.74, 6) is 1.66. The minimum atomic E-state index is 0.349. The van der Waals surface area contributed by atoms with Gasteiger partial charge >= 0.3 is 0 Å². The van der Waals surface area contributed by atoms with Crippen LogP contribution in [-0.2, 0) is 4.74 Å². The second kappa shape index (κ2) is 8.28. The van der Waals surface area contributed by atoms with Crippen LogP contribution in [0.2, 0.25) is 0 Å². The van der Waals surface area contributed by atoms with Crippen LogP contribution < -0.4 is 10.1 Å². The third-order valence-corrected chi connectivity index (χ3v) is 3.67. The van der Waals surface area contributed by atoms with Gasteiger partial charge in [-0.3, -0.25) is 0 Å². The molecule has 0 aromatic heterocycles. The Hall–Kier alpha value is -1.06. The zero-order valence-corrected chi connectivity index (χ0v) is 12.7. The molecule has 20 heavy (non-hydrogen) atoms. The lowest BCUT2D eigenvalue weighted by Crippen LogP contribution is -2.26. The molecule has 1 aromatic carbocycles. The Morgan fingerprint density at radius 3 is 3.00 bits per heavy atom. The van der Waals surface area contributed by atoms with Crippen LogP contribution in [0.4, 0.5) is 0 Å². The maximum atomic E-state index is 5.69. The molecule has 0 aliphatic carbocycles.